The van der Waals surface area contributed by atoms with Crippen LogP contribution in [0.4, 0.5) is 18.9 Å². The minimum absolute atomic E-state index is 0.0359. The average Bonchev–Trinajstić information content (AvgIpc) is 2.70. The summed E-state index contributed by atoms with van der Waals surface area (Å²) in [7, 11) is -3.86. The summed E-state index contributed by atoms with van der Waals surface area (Å²) in [6, 6.07) is 8.32. The molecule has 1 N–H and O–H groups in total. The Bertz CT molecular complexity index is 1020. The van der Waals surface area contributed by atoms with E-state index in [2.05, 4.69) is 10.1 Å². The lowest BCUT2D eigenvalue weighted by Crippen LogP contribution is -2.43. The van der Waals surface area contributed by atoms with E-state index < -0.39 is 34.3 Å². The zero-order chi connectivity index (χ0) is 21.9. The number of sulfonamides is 1. The molecule has 2 aromatic carbocycles. The van der Waals surface area contributed by atoms with Crippen molar-refractivity contribution < 1.29 is 31.1 Å². The molecule has 1 aliphatic heterocycles. The predicted octanol–water partition coefficient (Wildman–Crippen LogP) is 4.12. The average molecular weight is 463 g/mol. The molecule has 0 spiro atoms. The van der Waals surface area contributed by atoms with E-state index in [1.165, 1.54) is 34.6 Å². The maximum absolute atomic E-state index is 13.1. The van der Waals surface area contributed by atoms with Gasteiger partial charge in [-0.15, -0.1) is 0 Å². The van der Waals surface area contributed by atoms with E-state index in [-0.39, 0.29) is 34.4 Å². The fourth-order valence-electron chi connectivity index (χ4n) is 3.14. The number of amides is 1. The smallest absolute Gasteiger partial charge is 0.387 e. The van der Waals surface area contributed by atoms with Gasteiger partial charge >= 0.3 is 6.61 Å². The van der Waals surface area contributed by atoms with Crippen LogP contribution >= 0.6 is 11.6 Å². The minimum atomic E-state index is -3.86. The maximum atomic E-state index is 13.1. The Balaban J connectivity index is 1.68. The summed E-state index contributed by atoms with van der Waals surface area (Å²) in [5, 5.41) is 2.51. The van der Waals surface area contributed by atoms with Gasteiger partial charge in [0, 0.05) is 18.8 Å². The fourth-order valence-corrected chi connectivity index (χ4v) is 4.89. The normalized spacial score (nSPS) is 17.7. The molecule has 0 aromatic heterocycles. The van der Waals surface area contributed by atoms with E-state index in [9.17, 15) is 26.4 Å². The van der Waals surface area contributed by atoms with Crippen molar-refractivity contribution in [1.29, 1.82) is 0 Å². The van der Waals surface area contributed by atoms with Crippen LogP contribution < -0.4 is 10.1 Å². The third-order valence-corrected chi connectivity index (χ3v) is 6.80. The summed E-state index contributed by atoms with van der Waals surface area (Å²) < 4.78 is 68.7. The zero-order valence-electron chi connectivity index (χ0n) is 15.5. The van der Waals surface area contributed by atoms with Crippen molar-refractivity contribution in [3.63, 3.8) is 0 Å². The van der Waals surface area contributed by atoms with Gasteiger partial charge in [-0.2, -0.15) is 13.1 Å². The summed E-state index contributed by atoms with van der Waals surface area (Å²) in [4.78, 5) is 12.6. The van der Waals surface area contributed by atoms with E-state index in [0.29, 0.717) is 12.8 Å². The second kappa shape index (κ2) is 9.23. The lowest BCUT2D eigenvalue weighted by Gasteiger charge is -2.31. The first-order valence-electron chi connectivity index (χ1n) is 8.98. The van der Waals surface area contributed by atoms with E-state index >= 15 is 0 Å². The van der Waals surface area contributed by atoms with Crippen molar-refractivity contribution in [3.8, 4) is 5.75 Å². The molecule has 1 aliphatic rings. The number of ether oxygens (including phenoxy) is 1. The van der Waals surface area contributed by atoms with Crippen molar-refractivity contribution in [2.24, 2.45) is 5.92 Å². The zero-order valence-corrected chi connectivity index (χ0v) is 17.1. The number of carbonyl (C=O) groups is 1. The van der Waals surface area contributed by atoms with Crippen LogP contribution in [0.2, 0.25) is 5.02 Å². The Kier molecular flexibility index (Phi) is 6.89. The van der Waals surface area contributed by atoms with Crippen LogP contribution in [0.1, 0.15) is 12.8 Å². The second-order valence-electron chi connectivity index (χ2n) is 6.67. The Morgan fingerprint density at radius 2 is 1.90 bits per heavy atom. The number of anilines is 1. The standard InChI is InChI=1S/C19H18ClF3N2O4S/c20-16-10-14(5-8-17(16)29-19(22)23)24-18(26)12-2-1-9-25(11-12)30(27,28)15-6-3-13(21)4-7-15/h3-8,10,12,19H,1-2,9,11H2,(H,24,26). The van der Waals surface area contributed by atoms with Gasteiger partial charge in [0.15, 0.2) is 0 Å². The Morgan fingerprint density at radius 1 is 1.20 bits per heavy atom. The van der Waals surface area contributed by atoms with Crippen LogP contribution in [0, 0.1) is 11.7 Å². The van der Waals surface area contributed by atoms with Gasteiger partial charge in [-0.25, -0.2) is 12.8 Å². The summed E-state index contributed by atoms with van der Waals surface area (Å²) >= 11 is 5.88. The van der Waals surface area contributed by atoms with Crippen molar-refractivity contribution in [2.45, 2.75) is 24.3 Å². The molecule has 3 rings (SSSR count). The first-order valence-corrected chi connectivity index (χ1v) is 10.8. The van der Waals surface area contributed by atoms with Crippen LogP contribution in [0.3, 0.4) is 0 Å². The second-order valence-corrected chi connectivity index (χ2v) is 9.01. The van der Waals surface area contributed by atoms with E-state index in [4.69, 9.17) is 11.6 Å². The van der Waals surface area contributed by atoms with Crippen molar-refractivity contribution in [2.75, 3.05) is 18.4 Å². The summed E-state index contributed by atoms with van der Waals surface area (Å²) in [5.74, 6) is -1.82. The molecule has 162 valence electrons. The highest BCUT2D eigenvalue weighted by atomic mass is 35.5. The van der Waals surface area contributed by atoms with Gasteiger partial charge in [0.25, 0.3) is 0 Å². The fraction of sp³-hybridized carbons (Fsp3) is 0.316. The molecule has 1 unspecified atom stereocenters. The van der Waals surface area contributed by atoms with Crippen LogP contribution in [0.15, 0.2) is 47.4 Å². The molecule has 1 saturated heterocycles. The Hall–Kier alpha value is -2.30. The van der Waals surface area contributed by atoms with Crippen molar-refractivity contribution in [1.82, 2.24) is 4.31 Å². The summed E-state index contributed by atoms with van der Waals surface area (Å²) in [6.07, 6.45) is 0.946. The van der Waals surface area contributed by atoms with Crippen LogP contribution in [-0.4, -0.2) is 38.3 Å². The van der Waals surface area contributed by atoms with Gasteiger partial charge in [-0.3, -0.25) is 4.79 Å². The van der Waals surface area contributed by atoms with E-state index in [0.717, 1.165) is 12.1 Å². The van der Waals surface area contributed by atoms with Gasteiger partial charge in [0.1, 0.15) is 11.6 Å². The summed E-state index contributed by atoms with van der Waals surface area (Å²) in [5.41, 5.74) is 0.269. The number of hydrogen-bond donors (Lipinski definition) is 1. The number of rotatable bonds is 6. The first-order chi connectivity index (χ1) is 14.2. The molecule has 2 aromatic rings. The molecule has 0 radical (unpaired) electrons. The summed E-state index contributed by atoms with van der Waals surface area (Å²) in [6.45, 7) is -2.82. The maximum Gasteiger partial charge on any atom is 0.387 e. The minimum Gasteiger partial charge on any atom is -0.433 e. The third-order valence-electron chi connectivity index (χ3n) is 4.62. The molecule has 6 nitrogen and oxygen atoms in total. The first kappa shape index (κ1) is 22.4. The highest BCUT2D eigenvalue weighted by Gasteiger charge is 2.33. The van der Waals surface area contributed by atoms with Crippen molar-refractivity contribution in [3.05, 3.63) is 53.3 Å². The van der Waals surface area contributed by atoms with Crippen LogP contribution in [0.5, 0.6) is 5.75 Å². The topological polar surface area (TPSA) is 75.7 Å². The lowest BCUT2D eigenvalue weighted by molar-refractivity contribution is -0.120. The van der Waals surface area contributed by atoms with Gasteiger partial charge in [0.2, 0.25) is 15.9 Å². The third kappa shape index (κ3) is 5.24. The molecular weight excluding hydrogens is 445 g/mol. The number of hydrogen-bond acceptors (Lipinski definition) is 4. The van der Waals surface area contributed by atoms with Gasteiger partial charge in [-0.05, 0) is 55.3 Å². The molecule has 0 saturated carbocycles. The van der Waals surface area contributed by atoms with E-state index in [1.54, 1.807) is 0 Å². The van der Waals surface area contributed by atoms with Crippen molar-refractivity contribution >= 4 is 33.2 Å². The molecule has 1 fully saturated rings. The molecule has 1 heterocycles. The number of carbonyl (C=O) groups excluding carboxylic acids is 1. The number of alkyl halides is 2. The van der Waals surface area contributed by atoms with E-state index in [1.807, 2.05) is 0 Å². The molecule has 30 heavy (non-hydrogen) atoms. The number of nitrogens with zero attached hydrogens (tertiary/aromatic N) is 1. The van der Waals surface area contributed by atoms with Gasteiger partial charge in [0.05, 0.1) is 15.8 Å². The van der Waals surface area contributed by atoms with Crippen LogP contribution in [0.25, 0.3) is 0 Å². The highest BCUT2D eigenvalue weighted by molar-refractivity contribution is 7.89. The molecular formula is C19H18ClF3N2O4S. The quantitative estimate of drug-likeness (QED) is 0.700. The monoisotopic (exact) mass is 462 g/mol. The molecule has 1 atom stereocenters. The number of piperidine rings is 1. The molecule has 0 bridgehead atoms. The Labute approximate surface area is 176 Å². The molecule has 0 aliphatic carbocycles. The lowest BCUT2D eigenvalue weighted by atomic mass is 9.98. The number of benzene rings is 2. The largest absolute Gasteiger partial charge is 0.433 e. The molecule has 1 amide bonds. The number of nitrogens with one attached hydrogen (secondary N) is 1. The SMILES string of the molecule is O=C(Nc1ccc(OC(F)F)c(Cl)c1)C1CCCN(S(=O)(=O)c2ccc(F)cc2)C1. The highest BCUT2D eigenvalue weighted by Crippen LogP contribution is 2.30. The van der Waals surface area contributed by atoms with Gasteiger partial charge < -0.3 is 10.1 Å². The molecule has 11 heteroatoms. The van der Waals surface area contributed by atoms with Gasteiger partial charge in [-0.1, -0.05) is 11.6 Å². The van der Waals surface area contributed by atoms with Crippen LogP contribution in [-0.2, 0) is 14.8 Å². The number of halogens is 4. The Morgan fingerprint density at radius 3 is 2.53 bits per heavy atom. The predicted molar refractivity (Wildman–Crippen MR) is 105 cm³/mol.